The summed E-state index contributed by atoms with van der Waals surface area (Å²) in [6.45, 7) is 1.38. The molecule has 0 aliphatic rings. The Kier molecular flexibility index (Phi) is 6.64. The Morgan fingerprint density at radius 1 is 1.07 bits per heavy atom. The number of thiophene rings is 1. The summed E-state index contributed by atoms with van der Waals surface area (Å²) in [4.78, 5) is 36.7. The lowest BCUT2D eigenvalue weighted by atomic mass is 10.1. The number of ether oxygens (including phenoxy) is 1. The second-order valence-corrected chi connectivity index (χ2v) is 7.29. The van der Waals surface area contributed by atoms with E-state index < -0.39 is 18.5 Å². The minimum absolute atomic E-state index is 0.155. The number of anilines is 2. The molecule has 0 atom stereocenters. The number of amides is 2. The molecular weight excluding hydrogens is 412 g/mol. The van der Waals surface area contributed by atoms with Gasteiger partial charge in [0.15, 0.2) is 6.61 Å². The van der Waals surface area contributed by atoms with Gasteiger partial charge in [-0.3, -0.25) is 9.59 Å². The third-order valence-electron chi connectivity index (χ3n) is 3.97. The van der Waals surface area contributed by atoms with Gasteiger partial charge in [-0.05, 0) is 48.2 Å². The minimum atomic E-state index is -0.719. The van der Waals surface area contributed by atoms with Gasteiger partial charge in [-0.1, -0.05) is 29.8 Å². The molecule has 0 radical (unpaired) electrons. The molecule has 29 heavy (non-hydrogen) atoms. The Balaban J connectivity index is 1.61. The summed E-state index contributed by atoms with van der Waals surface area (Å²) in [7, 11) is 0. The number of hydrogen-bond acceptors (Lipinski definition) is 5. The van der Waals surface area contributed by atoms with Crippen LogP contribution >= 0.6 is 22.9 Å². The maximum absolute atomic E-state index is 12.4. The molecule has 0 aliphatic heterocycles. The van der Waals surface area contributed by atoms with Crippen LogP contribution in [0.5, 0.6) is 0 Å². The molecule has 0 saturated heterocycles. The Hall–Kier alpha value is -3.16. The van der Waals surface area contributed by atoms with Crippen LogP contribution in [-0.2, 0) is 9.53 Å². The summed E-state index contributed by atoms with van der Waals surface area (Å²) in [6, 6.07) is 13.2. The SMILES string of the molecule is Cc1ccc(NC(=O)COC(=O)c2ccccc2NC(=O)c2ccsc2)cc1Cl. The van der Waals surface area contributed by atoms with Crippen LogP contribution in [-0.4, -0.2) is 24.4 Å². The molecule has 3 aromatic rings. The van der Waals surface area contributed by atoms with Gasteiger partial charge < -0.3 is 15.4 Å². The Morgan fingerprint density at radius 2 is 1.86 bits per heavy atom. The van der Waals surface area contributed by atoms with Gasteiger partial charge in [-0.2, -0.15) is 11.3 Å². The summed E-state index contributed by atoms with van der Waals surface area (Å²) >= 11 is 7.43. The maximum Gasteiger partial charge on any atom is 0.340 e. The van der Waals surface area contributed by atoms with E-state index in [9.17, 15) is 14.4 Å². The number of carbonyl (C=O) groups is 3. The van der Waals surface area contributed by atoms with Crippen molar-refractivity contribution in [2.45, 2.75) is 6.92 Å². The fourth-order valence-corrected chi connectivity index (χ4v) is 3.25. The number of hydrogen-bond donors (Lipinski definition) is 2. The highest BCUT2D eigenvalue weighted by Crippen LogP contribution is 2.20. The van der Waals surface area contributed by atoms with Crippen LogP contribution in [0.3, 0.4) is 0 Å². The first-order chi connectivity index (χ1) is 13.9. The van der Waals surface area contributed by atoms with E-state index in [0.29, 0.717) is 22.0 Å². The van der Waals surface area contributed by atoms with Crippen LogP contribution in [0.15, 0.2) is 59.3 Å². The average Bonchev–Trinajstić information content (AvgIpc) is 3.24. The molecule has 3 rings (SSSR count). The second-order valence-electron chi connectivity index (χ2n) is 6.10. The Morgan fingerprint density at radius 3 is 2.59 bits per heavy atom. The van der Waals surface area contributed by atoms with Crippen LogP contribution < -0.4 is 10.6 Å². The lowest BCUT2D eigenvalue weighted by molar-refractivity contribution is -0.119. The monoisotopic (exact) mass is 428 g/mol. The summed E-state index contributed by atoms with van der Waals surface area (Å²) in [5, 5.41) is 9.31. The molecule has 2 N–H and O–H groups in total. The van der Waals surface area contributed by atoms with Crippen LogP contribution in [0.1, 0.15) is 26.3 Å². The Bertz CT molecular complexity index is 1050. The van der Waals surface area contributed by atoms with E-state index in [1.54, 1.807) is 53.2 Å². The lowest BCUT2D eigenvalue weighted by Gasteiger charge is -2.11. The zero-order valence-corrected chi connectivity index (χ0v) is 17.0. The number of para-hydroxylation sites is 1. The van der Waals surface area contributed by atoms with E-state index in [1.807, 2.05) is 6.92 Å². The van der Waals surface area contributed by atoms with Gasteiger partial charge in [0.1, 0.15) is 0 Å². The smallest absolute Gasteiger partial charge is 0.340 e. The summed E-state index contributed by atoms with van der Waals surface area (Å²) in [5.41, 5.74) is 2.35. The molecule has 2 amide bonds. The van der Waals surface area contributed by atoms with E-state index in [2.05, 4.69) is 10.6 Å². The third kappa shape index (κ3) is 5.43. The number of rotatable bonds is 6. The molecule has 0 fully saturated rings. The highest BCUT2D eigenvalue weighted by atomic mass is 35.5. The van der Waals surface area contributed by atoms with Crippen LogP contribution in [0.2, 0.25) is 5.02 Å². The fraction of sp³-hybridized carbons (Fsp3) is 0.0952. The van der Waals surface area contributed by atoms with E-state index in [-0.39, 0.29) is 11.5 Å². The van der Waals surface area contributed by atoms with Crippen molar-refractivity contribution in [1.29, 1.82) is 0 Å². The van der Waals surface area contributed by atoms with Crippen molar-refractivity contribution in [3.63, 3.8) is 0 Å². The van der Waals surface area contributed by atoms with Crippen molar-refractivity contribution in [2.75, 3.05) is 17.2 Å². The largest absolute Gasteiger partial charge is 0.452 e. The first-order valence-electron chi connectivity index (χ1n) is 8.60. The van der Waals surface area contributed by atoms with Gasteiger partial charge in [0.05, 0.1) is 16.8 Å². The number of carbonyl (C=O) groups excluding carboxylic acids is 3. The van der Waals surface area contributed by atoms with Crippen LogP contribution in [0.4, 0.5) is 11.4 Å². The van der Waals surface area contributed by atoms with Gasteiger partial charge in [-0.15, -0.1) is 0 Å². The molecule has 2 aromatic carbocycles. The summed E-state index contributed by atoms with van der Waals surface area (Å²) in [5.74, 6) is -1.55. The van der Waals surface area contributed by atoms with Crippen molar-refractivity contribution < 1.29 is 19.1 Å². The van der Waals surface area contributed by atoms with Gasteiger partial charge in [0.2, 0.25) is 0 Å². The topological polar surface area (TPSA) is 84.5 Å². The lowest BCUT2D eigenvalue weighted by Crippen LogP contribution is -2.22. The molecule has 8 heteroatoms. The molecule has 1 heterocycles. The van der Waals surface area contributed by atoms with Gasteiger partial charge in [-0.25, -0.2) is 4.79 Å². The first kappa shape index (κ1) is 20.6. The molecule has 0 saturated carbocycles. The highest BCUT2D eigenvalue weighted by molar-refractivity contribution is 7.08. The molecule has 0 spiro atoms. The normalized spacial score (nSPS) is 10.3. The number of halogens is 1. The van der Waals surface area contributed by atoms with Crippen molar-refractivity contribution in [1.82, 2.24) is 0 Å². The van der Waals surface area contributed by atoms with Crippen LogP contribution in [0.25, 0.3) is 0 Å². The predicted molar refractivity (Wildman–Crippen MR) is 114 cm³/mol. The number of aryl methyl sites for hydroxylation is 1. The zero-order chi connectivity index (χ0) is 20.8. The maximum atomic E-state index is 12.4. The van der Waals surface area contributed by atoms with Crippen molar-refractivity contribution in [3.8, 4) is 0 Å². The molecule has 0 unspecified atom stereocenters. The molecule has 1 aromatic heterocycles. The molecular formula is C21H17ClN2O4S. The molecule has 0 bridgehead atoms. The zero-order valence-electron chi connectivity index (χ0n) is 15.4. The quantitative estimate of drug-likeness (QED) is 0.554. The molecule has 148 valence electrons. The average molecular weight is 429 g/mol. The van der Waals surface area contributed by atoms with Gasteiger partial charge >= 0.3 is 5.97 Å². The standard InChI is InChI=1S/C21H17ClN2O4S/c1-13-6-7-15(10-17(13)22)23-19(25)11-28-21(27)16-4-2-3-5-18(16)24-20(26)14-8-9-29-12-14/h2-10,12H,11H2,1H3,(H,23,25)(H,24,26). The Labute approximate surface area is 176 Å². The minimum Gasteiger partial charge on any atom is -0.452 e. The van der Waals surface area contributed by atoms with E-state index in [0.717, 1.165) is 5.56 Å². The van der Waals surface area contributed by atoms with Gasteiger partial charge in [0.25, 0.3) is 11.8 Å². The van der Waals surface area contributed by atoms with E-state index >= 15 is 0 Å². The number of esters is 1. The molecule has 0 aliphatic carbocycles. The van der Waals surface area contributed by atoms with Crippen molar-refractivity contribution >= 4 is 52.1 Å². The van der Waals surface area contributed by atoms with Crippen molar-refractivity contribution in [2.24, 2.45) is 0 Å². The fourth-order valence-electron chi connectivity index (χ4n) is 2.43. The number of benzene rings is 2. The summed E-state index contributed by atoms with van der Waals surface area (Å²) < 4.78 is 5.10. The molecule has 6 nitrogen and oxygen atoms in total. The van der Waals surface area contributed by atoms with E-state index in [1.165, 1.54) is 17.4 Å². The highest BCUT2D eigenvalue weighted by Gasteiger charge is 2.17. The van der Waals surface area contributed by atoms with Gasteiger partial charge in [0, 0.05) is 16.1 Å². The third-order valence-corrected chi connectivity index (χ3v) is 5.06. The predicted octanol–water partition coefficient (Wildman–Crippen LogP) is 4.76. The number of nitrogens with one attached hydrogen (secondary N) is 2. The first-order valence-corrected chi connectivity index (χ1v) is 9.92. The van der Waals surface area contributed by atoms with E-state index in [4.69, 9.17) is 16.3 Å². The van der Waals surface area contributed by atoms with Crippen molar-refractivity contribution in [3.05, 3.63) is 81.0 Å². The summed E-state index contributed by atoms with van der Waals surface area (Å²) in [6.07, 6.45) is 0. The second kappa shape index (κ2) is 9.36. The van der Waals surface area contributed by atoms with Crippen LogP contribution in [0, 0.1) is 6.92 Å².